The zero-order valence-electron chi connectivity index (χ0n) is 12.4. The summed E-state index contributed by atoms with van der Waals surface area (Å²) in [7, 11) is 0. The van der Waals surface area contributed by atoms with Gasteiger partial charge >= 0.3 is 5.69 Å². The standard InChI is InChI=1S/C14H12N8O2/c15-6-8-21(9-7-16)14-12(22(23)24)13(17-10-18-14)20-19-11-4-2-1-3-5-11/h1-5,10,19H,8-9H2,(H,17,18,20). The van der Waals surface area contributed by atoms with Gasteiger partial charge in [0.05, 0.1) is 22.7 Å². The molecule has 0 amide bonds. The van der Waals surface area contributed by atoms with Crippen LogP contribution in [0.2, 0.25) is 0 Å². The van der Waals surface area contributed by atoms with E-state index >= 15 is 0 Å². The predicted octanol–water partition coefficient (Wildman–Crippen LogP) is 1.68. The first-order valence-corrected chi connectivity index (χ1v) is 6.72. The van der Waals surface area contributed by atoms with E-state index in [2.05, 4.69) is 20.8 Å². The van der Waals surface area contributed by atoms with E-state index in [0.717, 1.165) is 6.33 Å². The van der Waals surface area contributed by atoms with Crippen LogP contribution in [-0.2, 0) is 0 Å². The number of aromatic nitrogens is 2. The molecule has 10 nitrogen and oxygen atoms in total. The highest BCUT2D eigenvalue weighted by Crippen LogP contribution is 2.31. The van der Waals surface area contributed by atoms with Gasteiger partial charge in [0.15, 0.2) is 0 Å². The minimum absolute atomic E-state index is 0.0743. The molecule has 1 aromatic carbocycles. The lowest BCUT2D eigenvalue weighted by Gasteiger charge is -2.17. The van der Waals surface area contributed by atoms with Crippen molar-refractivity contribution in [1.82, 2.24) is 9.97 Å². The Hall–Kier alpha value is -3.92. The molecule has 2 rings (SSSR count). The van der Waals surface area contributed by atoms with Crippen LogP contribution in [0.4, 0.5) is 23.0 Å². The number of hydrogen-bond donors (Lipinski definition) is 2. The van der Waals surface area contributed by atoms with Crippen LogP contribution >= 0.6 is 0 Å². The van der Waals surface area contributed by atoms with Gasteiger partial charge in [0, 0.05) is 0 Å². The Morgan fingerprint density at radius 1 is 1.12 bits per heavy atom. The van der Waals surface area contributed by atoms with Gasteiger partial charge in [0.2, 0.25) is 11.6 Å². The molecule has 0 fully saturated rings. The average Bonchev–Trinajstić information content (AvgIpc) is 2.60. The maximum Gasteiger partial charge on any atom is 0.355 e. The van der Waals surface area contributed by atoms with Gasteiger partial charge in [-0.2, -0.15) is 10.5 Å². The Balaban J connectivity index is 2.35. The van der Waals surface area contributed by atoms with Crippen molar-refractivity contribution in [2.75, 3.05) is 28.8 Å². The van der Waals surface area contributed by atoms with Gasteiger partial charge in [0.25, 0.3) is 0 Å². The van der Waals surface area contributed by atoms with E-state index in [1.807, 2.05) is 18.2 Å². The molecule has 2 aromatic rings. The number of nitro groups is 1. The number of para-hydroxylation sites is 1. The number of hydrazine groups is 1. The summed E-state index contributed by atoms with van der Waals surface area (Å²) in [4.78, 5) is 19.7. The number of benzene rings is 1. The van der Waals surface area contributed by atoms with E-state index in [0.29, 0.717) is 5.69 Å². The van der Waals surface area contributed by atoms with E-state index in [9.17, 15) is 10.1 Å². The summed E-state index contributed by atoms with van der Waals surface area (Å²) in [6.07, 6.45) is 1.12. The van der Waals surface area contributed by atoms with Crippen molar-refractivity contribution in [2.45, 2.75) is 0 Å². The molecule has 2 N–H and O–H groups in total. The van der Waals surface area contributed by atoms with Gasteiger partial charge in [-0.3, -0.25) is 21.0 Å². The Labute approximate surface area is 137 Å². The van der Waals surface area contributed by atoms with Gasteiger partial charge in [-0.25, -0.2) is 9.97 Å². The monoisotopic (exact) mass is 324 g/mol. The van der Waals surface area contributed by atoms with Crippen molar-refractivity contribution >= 4 is 23.0 Å². The molecular formula is C14H12N8O2. The van der Waals surface area contributed by atoms with Crippen molar-refractivity contribution in [1.29, 1.82) is 10.5 Å². The summed E-state index contributed by atoms with van der Waals surface area (Å²) in [5, 5.41) is 29.1. The van der Waals surface area contributed by atoms with Gasteiger partial charge in [-0.1, -0.05) is 18.2 Å². The zero-order valence-corrected chi connectivity index (χ0v) is 12.4. The molecular weight excluding hydrogens is 312 g/mol. The fourth-order valence-electron chi connectivity index (χ4n) is 1.89. The summed E-state index contributed by atoms with van der Waals surface area (Å²) < 4.78 is 0. The minimum atomic E-state index is -0.661. The second-order valence-electron chi connectivity index (χ2n) is 4.44. The first-order valence-electron chi connectivity index (χ1n) is 6.72. The molecule has 0 aliphatic rings. The van der Waals surface area contributed by atoms with Crippen molar-refractivity contribution in [3.05, 3.63) is 46.8 Å². The van der Waals surface area contributed by atoms with Crippen LogP contribution in [0, 0.1) is 32.8 Å². The lowest BCUT2D eigenvalue weighted by Crippen LogP contribution is -2.26. The fraction of sp³-hybridized carbons (Fsp3) is 0.143. The lowest BCUT2D eigenvalue weighted by molar-refractivity contribution is -0.383. The predicted molar refractivity (Wildman–Crippen MR) is 85.8 cm³/mol. The molecule has 1 heterocycles. The van der Waals surface area contributed by atoms with Crippen LogP contribution in [0.15, 0.2) is 36.7 Å². The molecule has 0 radical (unpaired) electrons. The molecule has 24 heavy (non-hydrogen) atoms. The summed E-state index contributed by atoms with van der Waals surface area (Å²) in [5.41, 5.74) is 5.70. The summed E-state index contributed by atoms with van der Waals surface area (Å²) in [6, 6.07) is 12.7. The fourth-order valence-corrected chi connectivity index (χ4v) is 1.89. The molecule has 120 valence electrons. The quantitative estimate of drug-likeness (QED) is 0.441. The maximum atomic E-state index is 11.4. The van der Waals surface area contributed by atoms with E-state index in [-0.39, 0.29) is 24.7 Å². The van der Waals surface area contributed by atoms with Crippen molar-refractivity contribution in [3.63, 3.8) is 0 Å². The second-order valence-corrected chi connectivity index (χ2v) is 4.44. The molecule has 0 bridgehead atoms. The van der Waals surface area contributed by atoms with Crippen molar-refractivity contribution < 1.29 is 4.92 Å². The molecule has 0 aliphatic carbocycles. The topological polar surface area (TPSA) is 144 Å². The molecule has 0 saturated carbocycles. The van der Waals surface area contributed by atoms with E-state index in [4.69, 9.17) is 10.5 Å². The molecule has 0 unspecified atom stereocenters. The molecule has 1 aromatic heterocycles. The van der Waals surface area contributed by atoms with Gasteiger partial charge in [-0.05, 0) is 12.1 Å². The van der Waals surface area contributed by atoms with E-state index < -0.39 is 10.6 Å². The molecule has 0 saturated heterocycles. The van der Waals surface area contributed by atoms with Gasteiger partial charge < -0.3 is 4.90 Å². The van der Waals surface area contributed by atoms with Crippen LogP contribution in [0.3, 0.4) is 0 Å². The smallest absolute Gasteiger partial charge is 0.324 e. The number of nitrogens with one attached hydrogen (secondary N) is 2. The normalized spacial score (nSPS) is 9.42. The number of rotatable bonds is 7. The summed E-state index contributed by atoms with van der Waals surface area (Å²) in [5.74, 6) is -0.176. The van der Waals surface area contributed by atoms with Crippen molar-refractivity contribution in [2.24, 2.45) is 0 Å². The Bertz CT molecular complexity index is 781. The van der Waals surface area contributed by atoms with Crippen LogP contribution < -0.4 is 15.8 Å². The zero-order chi connectivity index (χ0) is 17.4. The second kappa shape index (κ2) is 7.91. The molecule has 0 atom stereocenters. The first-order chi connectivity index (χ1) is 11.7. The van der Waals surface area contributed by atoms with Crippen molar-refractivity contribution in [3.8, 4) is 12.1 Å². The lowest BCUT2D eigenvalue weighted by atomic mass is 10.3. The van der Waals surface area contributed by atoms with Gasteiger partial charge in [0.1, 0.15) is 19.4 Å². The number of nitrogens with zero attached hydrogens (tertiary/aromatic N) is 6. The summed E-state index contributed by atoms with van der Waals surface area (Å²) in [6.45, 7) is -0.423. The third-order valence-electron chi connectivity index (χ3n) is 2.91. The average molecular weight is 324 g/mol. The Morgan fingerprint density at radius 3 is 2.38 bits per heavy atom. The SMILES string of the molecule is N#CCN(CC#N)c1ncnc(NNc2ccccc2)c1[N+](=O)[O-]. The van der Waals surface area contributed by atoms with Crippen LogP contribution in [0.5, 0.6) is 0 Å². The number of anilines is 3. The largest absolute Gasteiger partial charge is 0.355 e. The highest BCUT2D eigenvalue weighted by molar-refractivity contribution is 5.71. The third kappa shape index (κ3) is 3.84. The van der Waals surface area contributed by atoms with E-state index in [1.54, 1.807) is 24.3 Å². The summed E-state index contributed by atoms with van der Waals surface area (Å²) >= 11 is 0. The first kappa shape index (κ1) is 16.5. The van der Waals surface area contributed by atoms with Crippen LogP contribution in [-0.4, -0.2) is 28.0 Å². The number of hydrogen-bond acceptors (Lipinski definition) is 9. The van der Waals surface area contributed by atoms with Gasteiger partial charge in [-0.15, -0.1) is 0 Å². The molecule has 10 heteroatoms. The Kier molecular flexibility index (Phi) is 5.42. The Morgan fingerprint density at radius 2 is 1.79 bits per heavy atom. The highest BCUT2D eigenvalue weighted by atomic mass is 16.6. The van der Waals surface area contributed by atoms with Crippen LogP contribution in [0.1, 0.15) is 0 Å². The molecule has 0 spiro atoms. The third-order valence-corrected chi connectivity index (χ3v) is 2.91. The maximum absolute atomic E-state index is 11.4. The molecule has 0 aliphatic heterocycles. The van der Waals surface area contributed by atoms with E-state index in [1.165, 1.54) is 4.90 Å². The number of nitriles is 2. The minimum Gasteiger partial charge on any atom is -0.324 e. The van der Waals surface area contributed by atoms with Crippen LogP contribution in [0.25, 0.3) is 0 Å². The highest BCUT2D eigenvalue weighted by Gasteiger charge is 2.27.